The van der Waals surface area contributed by atoms with Gasteiger partial charge in [0.15, 0.2) is 5.65 Å². The third-order valence-corrected chi connectivity index (χ3v) is 6.53. The molecular weight excluding hydrogens is 354 g/mol. The van der Waals surface area contributed by atoms with Crippen LogP contribution in [0.3, 0.4) is 0 Å². The monoisotopic (exact) mass is 383 g/mol. The van der Waals surface area contributed by atoms with Crippen LogP contribution in [-0.4, -0.2) is 77.8 Å². The zero-order valence-corrected chi connectivity index (χ0v) is 16.5. The lowest BCUT2D eigenvalue weighted by Crippen LogP contribution is -2.57. The van der Waals surface area contributed by atoms with Crippen molar-refractivity contribution < 1.29 is 4.79 Å². The first-order valence-corrected chi connectivity index (χ1v) is 10.5. The topological polar surface area (TPSA) is 77.8 Å². The van der Waals surface area contributed by atoms with Gasteiger partial charge >= 0.3 is 0 Å². The van der Waals surface area contributed by atoms with Crippen LogP contribution < -0.4 is 15.5 Å². The van der Waals surface area contributed by atoms with Crippen molar-refractivity contribution in [2.45, 2.75) is 31.7 Å². The summed E-state index contributed by atoms with van der Waals surface area (Å²) in [5, 5.41) is 11.3. The van der Waals surface area contributed by atoms with Crippen LogP contribution in [0.25, 0.3) is 5.65 Å². The molecule has 0 aliphatic carbocycles. The summed E-state index contributed by atoms with van der Waals surface area (Å²) in [6, 6.07) is 2.52. The van der Waals surface area contributed by atoms with Crippen LogP contribution in [0.2, 0.25) is 0 Å². The second-order valence-electron chi connectivity index (χ2n) is 8.20. The van der Waals surface area contributed by atoms with Gasteiger partial charge in [0.25, 0.3) is 0 Å². The van der Waals surface area contributed by atoms with E-state index in [1.54, 1.807) is 0 Å². The first-order valence-electron chi connectivity index (χ1n) is 10.5. The average molecular weight is 384 g/mol. The Kier molecular flexibility index (Phi) is 4.68. The maximum absolute atomic E-state index is 12.9. The molecule has 0 spiro atoms. The van der Waals surface area contributed by atoms with Gasteiger partial charge < -0.3 is 20.4 Å². The molecule has 2 fully saturated rings. The highest BCUT2D eigenvalue weighted by molar-refractivity contribution is 5.82. The lowest BCUT2D eigenvalue weighted by Gasteiger charge is -2.44. The molecule has 3 aliphatic heterocycles. The Morgan fingerprint density at radius 2 is 2.00 bits per heavy atom. The van der Waals surface area contributed by atoms with Crippen LogP contribution in [0.1, 0.15) is 24.1 Å². The van der Waals surface area contributed by atoms with Gasteiger partial charge in [-0.25, -0.2) is 4.98 Å². The minimum absolute atomic E-state index is 0.101. The largest absolute Gasteiger partial charge is 0.354 e. The predicted molar refractivity (Wildman–Crippen MR) is 108 cm³/mol. The van der Waals surface area contributed by atoms with Gasteiger partial charge in [-0.15, -0.1) is 0 Å². The van der Waals surface area contributed by atoms with Crippen molar-refractivity contribution in [1.82, 2.24) is 30.1 Å². The molecule has 0 atom stereocenters. The smallest absolute Gasteiger partial charge is 0.229 e. The second kappa shape index (κ2) is 7.33. The number of hydrogen-bond donors (Lipinski definition) is 2. The molecule has 0 unspecified atom stereocenters. The first kappa shape index (κ1) is 17.9. The average Bonchev–Trinajstić information content (AvgIpc) is 3.03. The molecular formula is C20H29N7O. The number of amides is 1. The summed E-state index contributed by atoms with van der Waals surface area (Å²) in [7, 11) is 2.01. The fourth-order valence-corrected chi connectivity index (χ4v) is 4.79. The summed E-state index contributed by atoms with van der Waals surface area (Å²) in [6.07, 6.45) is 5.83. The molecule has 2 saturated heterocycles. The Morgan fingerprint density at radius 1 is 1.21 bits per heavy atom. The summed E-state index contributed by atoms with van der Waals surface area (Å²) >= 11 is 0. The molecule has 3 aliphatic rings. The maximum Gasteiger partial charge on any atom is 0.229 e. The highest BCUT2D eigenvalue weighted by Crippen LogP contribution is 2.32. The number of hydrogen-bond acceptors (Lipinski definition) is 6. The molecule has 0 bridgehead atoms. The van der Waals surface area contributed by atoms with E-state index in [1.807, 2.05) is 23.8 Å². The zero-order chi connectivity index (χ0) is 19.1. The summed E-state index contributed by atoms with van der Waals surface area (Å²) in [5.41, 5.74) is 3.37. The molecule has 2 aromatic heterocycles. The lowest BCUT2D eigenvalue weighted by atomic mass is 9.95. The van der Waals surface area contributed by atoms with Gasteiger partial charge in [-0.2, -0.15) is 9.61 Å². The van der Waals surface area contributed by atoms with Crippen LogP contribution in [0, 0.1) is 5.92 Å². The number of carbonyl (C=O) groups is 1. The molecule has 8 heteroatoms. The molecule has 0 aromatic carbocycles. The Balaban J connectivity index is 1.33. The van der Waals surface area contributed by atoms with Crippen molar-refractivity contribution in [1.29, 1.82) is 0 Å². The Hall–Kier alpha value is -2.19. The van der Waals surface area contributed by atoms with E-state index < -0.39 is 0 Å². The molecule has 150 valence electrons. The number of carbonyl (C=O) groups excluding carboxylic acids is 1. The van der Waals surface area contributed by atoms with E-state index in [1.165, 1.54) is 11.3 Å². The van der Waals surface area contributed by atoms with Crippen molar-refractivity contribution in [3.8, 4) is 0 Å². The van der Waals surface area contributed by atoms with Crippen molar-refractivity contribution in [3.05, 3.63) is 23.5 Å². The number of anilines is 1. The number of nitrogens with zero attached hydrogens (tertiary/aromatic N) is 5. The number of fused-ring (bicyclic) bond motifs is 2. The van der Waals surface area contributed by atoms with Crippen LogP contribution in [-0.2, 0) is 17.6 Å². The Bertz CT molecular complexity index is 865. The molecule has 0 radical (unpaired) electrons. The third kappa shape index (κ3) is 3.04. The van der Waals surface area contributed by atoms with Crippen molar-refractivity contribution in [3.63, 3.8) is 0 Å². The minimum Gasteiger partial charge on any atom is -0.354 e. The second-order valence-corrected chi connectivity index (χ2v) is 8.20. The van der Waals surface area contributed by atoms with Crippen LogP contribution >= 0.6 is 0 Å². The fraction of sp³-hybridized carbons (Fsp3) is 0.650. The number of piperidine rings is 1. The number of aromatic nitrogens is 3. The molecule has 2 aromatic rings. The molecule has 8 nitrogen and oxygen atoms in total. The van der Waals surface area contributed by atoms with Gasteiger partial charge in [-0.05, 0) is 32.9 Å². The summed E-state index contributed by atoms with van der Waals surface area (Å²) in [5.74, 6) is 1.57. The molecule has 28 heavy (non-hydrogen) atoms. The summed E-state index contributed by atoms with van der Waals surface area (Å²) < 4.78 is 1.96. The van der Waals surface area contributed by atoms with E-state index in [9.17, 15) is 4.79 Å². The van der Waals surface area contributed by atoms with Crippen molar-refractivity contribution >= 4 is 17.4 Å². The van der Waals surface area contributed by atoms with Gasteiger partial charge in [0.2, 0.25) is 5.91 Å². The molecule has 1 amide bonds. The summed E-state index contributed by atoms with van der Waals surface area (Å²) in [4.78, 5) is 22.2. The van der Waals surface area contributed by atoms with Crippen molar-refractivity contribution in [2.24, 2.45) is 5.92 Å². The van der Waals surface area contributed by atoms with Gasteiger partial charge in [0.05, 0.1) is 17.8 Å². The Morgan fingerprint density at radius 3 is 2.79 bits per heavy atom. The first-order chi connectivity index (χ1) is 13.7. The lowest BCUT2D eigenvalue weighted by molar-refractivity contribution is -0.137. The number of rotatable bonds is 3. The van der Waals surface area contributed by atoms with Crippen LogP contribution in [0.15, 0.2) is 12.3 Å². The highest BCUT2D eigenvalue weighted by atomic mass is 16.2. The molecule has 0 saturated carbocycles. The zero-order valence-electron chi connectivity index (χ0n) is 16.5. The van der Waals surface area contributed by atoms with E-state index in [2.05, 4.69) is 25.5 Å². The van der Waals surface area contributed by atoms with Crippen LogP contribution in [0.5, 0.6) is 0 Å². The van der Waals surface area contributed by atoms with Crippen LogP contribution in [0.4, 0.5) is 5.82 Å². The van der Waals surface area contributed by atoms with E-state index in [0.29, 0.717) is 11.9 Å². The Labute approximate surface area is 165 Å². The quantitative estimate of drug-likeness (QED) is 0.781. The minimum atomic E-state index is 0.101. The molecule has 5 heterocycles. The predicted octanol–water partition coefficient (Wildman–Crippen LogP) is 0.0641. The third-order valence-electron chi connectivity index (χ3n) is 6.53. The van der Waals surface area contributed by atoms with E-state index in [-0.39, 0.29) is 5.92 Å². The standard InChI is InChI=1S/C20H29N7O/c1-21-15-5-10-25(11-6-15)20(28)14-12-26(13-14)19-16-2-7-22-8-3-17(16)24-18-4-9-23-27(18)19/h4,9,14-15,21-22H,2-3,5-8,10-13H2,1H3. The number of likely N-dealkylation sites (tertiary alicyclic amines) is 1. The molecule has 5 rings (SSSR count). The van der Waals surface area contributed by atoms with Gasteiger partial charge in [0, 0.05) is 56.8 Å². The van der Waals surface area contributed by atoms with Gasteiger partial charge in [-0.3, -0.25) is 4.79 Å². The summed E-state index contributed by atoms with van der Waals surface area (Å²) in [6.45, 7) is 5.24. The van der Waals surface area contributed by atoms with Crippen molar-refractivity contribution in [2.75, 3.05) is 51.2 Å². The molecule has 2 N–H and O–H groups in total. The van der Waals surface area contributed by atoms with Gasteiger partial charge in [0.1, 0.15) is 5.82 Å². The maximum atomic E-state index is 12.9. The van der Waals surface area contributed by atoms with E-state index >= 15 is 0 Å². The van der Waals surface area contributed by atoms with E-state index in [0.717, 1.165) is 76.4 Å². The fourth-order valence-electron chi connectivity index (χ4n) is 4.79. The highest BCUT2D eigenvalue weighted by Gasteiger charge is 2.39. The van der Waals surface area contributed by atoms with Gasteiger partial charge in [-0.1, -0.05) is 0 Å². The normalized spacial score (nSPS) is 21.5. The number of nitrogens with one attached hydrogen (secondary N) is 2. The SMILES string of the molecule is CNC1CCN(C(=O)C2CN(c3c4c(nc5ccnn35)CCNCC4)C2)CC1. The van der Waals surface area contributed by atoms with E-state index in [4.69, 9.17) is 4.98 Å².